The predicted octanol–water partition coefficient (Wildman–Crippen LogP) is 3.86. The number of benzene rings is 1. The van der Waals surface area contributed by atoms with E-state index in [9.17, 15) is 0 Å². The Morgan fingerprint density at radius 3 is 2.67 bits per heavy atom. The Morgan fingerprint density at radius 1 is 0.889 bits per heavy atom. The molecule has 0 spiro atoms. The van der Waals surface area contributed by atoms with Crippen molar-refractivity contribution in [2.24, 2.45) is 0 Å². The lowest BCUT2D eigenvalue weighted by molar-refractivity contribution is 1.14. The van der Waals surface area contributed by atoms with Crippen LogP contribution in [-0.2, 0) is 6.42 Å². The molecule has 0 saturated carbocycles. The monoisotopic (exact) mass is 234 g/mol. The summed E-state index contributed by atoms with van der Waals surface area (Å²) in [6.45, 7) is 2.17. The maximum Gasteiger partial charge on any atom is 0.0894 e. The van der Waals surface area contributed by atoms with E-state index in [0.29, 0.717) is 0 Å². The zero-order chi connectivity index (χ0) is 12.4. The summed E-state index contributed by atoms with van der Waals surface area (Å²) in [5.74, 6) is 0. The Kier molecular flexibility index (Phi) is 2.77. The second kappa shape index (κ2) is 4.57. The molecule has 18 heavy (non-hydrogen) atoms. The Morgan fingerprint density at radius 2 is 1.78 bits per heavy atom. The Balaban J connectivity index is 2.19. The minimum Gasteiger partial charge on any atom is -0.255 e. The first-order valence-corrected chi connectivity index (χ1v) is 6.18. The number of hydrogen-bond donors (Lipinski definition) is 0. The summed E-state index contributed by atoms with van der Waals surface area (Å²) in [5.41, 5.74) is 5.45. The fourth-order valence-corrected chi connectivity index (χ4v) is 2.19. The summed E-state index contributed by atoms with van der Waals surface area (Å²) in [4.78, 5) is 8.99. The largest absolute Gasteiger partial charge is 0.255 e. The highest BCUT2D eigenvalue weighted by Crippen LogP contribution is 2.23. The molecule has 0 radical (unpaired) electrons. The van der Waals surface area contributed by atoms with E-state index in [2.05, 4.69) is 36.2 Å². The van der Waals surface area contributed by atoms with Crippen LogP contribution < -0.4 is 0 Å². The van der Waals surface area contributed by atoms with Crippen molar-refractivity contribution in [1.29, 1.82) is 0 Å². The van der Waals surface area contributed by atoms with Gasteiger partial charge in [0.15, 0.2) is 0 Å². The van der Waals surface area contributed by atoms with Gasteiger partial charge in [-0.3, -0.25) is 4.98 Å². The third-order valence-corrected chi connectivity index (χ3v) is 3.13. The molecule has 0 atom stereocenters. The van der Waals surface area contributed by atoms with Gasteiger partial charge in [0.25, 0.3) is 0 Å². The molecule has 2 nitrogen and oxygen atoms in total. The highest BCUT2D eigenvalue weighted by atomic mass is 14.8. The van der Waals surface area contributed by atoms with Crippen molar-refractivity contribution in [2.75, 3.05) is 0 Å². The molecule has 0 saturated heterocycles. The second-order valence-corrected chi connectivity index (χ2v) is 4.25. The van der Waals surface area contributed by atoms with Gasteiger partial charge in [-0.1, -0.05) is 31.2 Å². The van der Waals surface area contributed by atoms with Gasteiger partial charge in [-0.2, -0.15) is 0 Å². The van der Waals surface area contributed by atoms with Crippen LogP contribution in [0.5, 0.6) is 0 Å². The molecule has 2 heteroatoms. The van der Waals surface area contributed by atoms with Crippen LogP contribution in [0.3, 0.4) is 0 Å². The molecule has 2 aromatic heterocycles. The Bertz CT molecular complexity index is 689. The number of fused-ring (bicyclic) bond motifs is 1. The van der Waals surface area contributed by atoms with Gasteiger partial charge in [-0.15, -0.1) is 0 Å². The van der Waals surface area contributed by atoms with Crippen LogP contribution in [0.2, 0.25) is 0 Å². The van der Waals surface area contributed by atoms with Crippen molar-refractivity contribution >= 4 is 11.0 Å². The van der Waals surface area contributed by atoms with Gasteiger partial charge in [0, 0.05) is 11.8 Å². The molecule has 0 aliphatic carbocycles. The molecular formula is C16H14N2. The fourth-order valence-electron chi connectivity index (χ4n) is 2.19. The molecule has 2 heterocycles. The fraction of sp³-hybridized carbons (Fsp3) is 0.125. The molecular weight excluding hydrogens is 220 g/mol. The average molecular weight is 234 g/mol. The van der Waals surface area contributed by atoms with Crippen LogP contribution in [0.25, 0.3) is 22.3 Å². The molecule has 88 valence electrons. The number of aromatic nitrogens is 2. The number of aryl methyl sites for hydroxylation is 1. The minimum atomic E-state index is 0.940. The van der Waals surface area contributed by atoms with E-state index in [-0.39, 0.29) is 0 Å². The maximum atomic E-state index is 4.69. The van der Waals surface area contributed by atoms with Gasteiger partial charge in [0.1, 0.15) is 0 Å². The molecule has 0 aliphatic heterocycles. The van der Waals surface area contributed by atoms with E-state index in [1.54, 1.807) is 6.20 Å². The quantitative estimate of drug-likeness (QED) is 0.673. The first-order valence-electron chi connectivity index (χ1n) is 6.18. The smallest absolute Gasteiger partial charge is 0.0894 e. The van der Waals surface area contributed by atoms with Crippen molar-refractivity contribution in [2.45, 2.75) is 13.3 Å². The lowest BCUT2D eigenvalue weighted by atomic mass is 10.0. The normalized spacial score (nSPS) is 10.7. The minimum absolute atomic E-state index is 0.940. The first kappa shape index (κ1) is 10.9. The number of pyridine rings is 2. The van der Waals surface area contributed by atoms with Crippen molar-refractivity contribution in [3.63, 3.8) is 0 Å². The lowest BCUT2D eigenvalue weighted by Gasteiger charge is -2.07. The van der Waals surface area contributed by atoms with Crippen LogP contribution in [0, 0.1) is 0 Å². The molecule has 3 rings (SSSR count). The van der Waals surface area contributed by atoms with E-state index in [1.165, 1.54) is 11.1 Å². The average Bonchev–Trinajstić information content (AvgIpc) is 2.46. The van der Waals surface area contributed by atoms with Crippen molar-refractivity contribution in [1.82, 2.24) is 9.97 Å². The standard InChI is InChI=1S/C16H14N2/c1-2-12-6-3-4-7-13(12)14-9-10-15-16(18-14)8-5-11-17-15/h3-11H,2H2,1H3. The van der Waals surface area contributed by atoms with Crippen molar-refractivity contribution in [3.05, 3.63) is 60.3 Å². The number of nitrogens with zero attached hydrogens (tertiary/aromatic N) is 2. The highest BCUT2D eigenvalue weighted by molar-refractivity contribution is 5.78. The van der Waals surface area contributed by atoms with Gasteiger partial charge in [0.2, 0.25) is 0 Å². The molecule has 0 fully saturated rings. The molecule has 3 aromatic rings. The third kappa shape index (κ3) is 1.86. The Labute approximate surface area is 106 Å². The van der Waals surface area contributed by atoms with Crippen molar-refractivity contribution in [3.8, 4) is 11.3 Å². The zero-order valence-corrected chi connectivity index (χ0v) is 10.3. The molecule has 0 amide bonds. The second-order valence-electron chi connectivity index (χ2n) is 4.25. The van der Waals surface area contributed by atoms with E-state index in [0.717, 1.165) is 23.1 Å². The highest BCUT2D eigenvalue weighted by Gasteiger charge is 2.05. The van der Waals surface area contributed by atoms with E-state index in [1.807, 2.05) is 24.3 Å². The van der Waals surface area contributed by atoms with Gasteiger partial charge in [-0.25, -0.2) is 4.98 Å². The molecule has 1 aromatic carbocycles. The first-order chi connectivity index (χ1) is 8.88. The van der Waals surface area contributed by atoms with Gasteiger partial charge >= 0.3 is 0 Å². The summed E-state index contributed by atoms with van der Waals surface area (Å²) < 4.78 is 0. The van der Waals surface area contributed by atoms with Crippen LogP contribution in [-0.4, -0.2) is 9.97 Å². The summed E-state index contributed by atoms with van der Waals surface area (Å²) in [6.07, 6.45) is 2.81. The predicted molar refractivity (Wildman–Crippen MR) is 74.4 cm³/mol. The topological polar surface area (TPSA) is 25.8 Å². The van der Waals surface area contributed by atoms with Crippen molar-refractivity contribution < 1.29 is 0 Å². The SMILES string of the molecule is CCc1ccccc1-c1ccc2ncccc2n1. The summed E-state index contributed by atoms with van der Waals surface area (Å²) in [6, 6.07) is 16.4. The third-order valence-electron chi connectivity index (χ3n) is 3.13. The zero-order valence-electron chi connectivity index (χ0n) is 10.3. The van der Waals surface area contributed by atoms with E-state index < -0.39 is 0 Å². The van der Waals surface area contributed by atoms with Gasteiger partial charge in [0.05, 0.1) is 16.7 Å². The van der Waals surface area contributed by atoms with Crippen LogP contribution in [0.1, 0.15) is 12.5 Å². The lowest BCUT2D eigenvalue weighted by Crippen LogP contribution is -1.91. The molecule has 0 aliphatic rings. The van der Waals surface area contributed by atoms with Crippen LogP contribution in [0.15, 0.2) is 54.7 Å². The summed E-state index contributed by atoms with van der Waals surface area (Å²) in [5, 5.41) is 0. The number of rotatable bonds is 2. The van der Waals surface area contributed by atoms with Crippen LogP contribution in [0.4, 0.5) is 0 Å². The van der Waals surface area contributed by atoms with Crippen LogP contribution >= 0.6 is 0 Å². The van der Waals surface area contributed by atoms with E-state index in [4.69, 9.17) is 4.98 Å². The number of hydrogen-bond acceptors (Lipinski definition) is 2. The molecule has 0 unspecified atom stereocenters. The maximum absolute atomic E-state index is 4.69. The van der Waals surface area contributed by atoms with Gasteiger partial charge in [-0.05, 0) is 36.2 Å². The molecule has 0 N–H and O–H groups in total. The Hall–Kier alpha value is -2.22. The summed E-state index contributed by atoms with van der Waals surface area (Å²) in [7, 11) is 0. The van der Waals surface area contributed by atoms with Gasteiger partial charge < -0.3 is 0 Å². The van der Waals surface area contributed by atoms with E-state index >= 15 is 0 Å². The molecule has 0 bridgehead atoms. The summed E-state index contributed by atoms with van der Waals surface area (Å²) >= 11 is 0.